The number of hydrogen-bond donors (Lipinski definition) is 1. The summed E-state index contributed by atoms with van der Waals surface area (Å²) in [6, 6.07) is 22.5. The zero-order valence-corrected chi connectivity index (χ0v) is 24.7. The van der Waals surface area contributed by atoms with Crippen molar-refractivity contribution in [1.29, 1.82) is 0 Å². The van der Waals surface area contributed by atoms with Gasteiger partial charge < -0.3 is 15.0 Å². The monoisotopic (exact) mass is 615 g/mol. The fourth-order valence-electron chi connectivity index (χ4n) is 4.07. The van der Waals surface area contributed by atoms with Gasteiger partial charge in [0, 0.05) is 24.0 Å². The number of ether oxygens (including phenoxy) is 1. The standard InChI is InChI=1S/C29H34BrN3O5S/c1-4-18-31-29(35)27(19-22-8-6-5-7-9-22)32(20-23-10-12-24(30)13-11-23)28(34)21-33(39(3,36)37)25-14-16-26(38-2)17-15-25/h5-17,27H,4,18-21H2,1-3H3,(H,31,35)/t27-/m0/s1. The Morgan fingerprint density at radius 3 is 2.15 bits per heavy atom. The molecule has 3 aromatic carbocycles. The average molecular weight is 617 g/mol. The number of nitrogens with zero attached hydrogens (tertiary/aromatic N) is 2. The Labute approximate surface area is 239 Å². The molecular weight excluding hydrogens is 582 g/mol. The first-order chi connectivity index (χ1) is 18.6. The Balaban J connectivity index is 2.02. The molecule has 0 bridgehead atoms. The van der Waals surface area contributed by atoms with Crippen molar-refractivity contribution in [3.05, 3.63) is 94.5 Å². The van der Waals surface area contributed by atoms with Gasteiger partial charge in [-0.05, 0) is 53.9 Å². The van der Waals surface area contributed by atoms with Gasteiger partial charge in [-0.3, -0.25) is 13.9 Å². The summed E-state index contributed by atoms with van der Waals surface area (Å²) in [4.78, 5) is 28.9. The van der Waals surface area contributed by atoms with E-state index in [0.717, 1.165) is 32.6 Å². The van der Waals surface area contributed by atoms with E-state index in [0.29, 0.717) is 18.0 Å². The van der Waals surface area contributed by atoms with E-state index in [9.17, 15) is 18.0 Å². The topological polar surface area (TPSA) is 96.0 Å². The molecule has 0 radical (unpaired) electrons. The van der Waals surface area contributed by atoms with Gasteiger partial charge in [0.1, 0.15) is 18.3 Å². The van der Waals surface area contributed by atoms with Crippen molar-refractivity contribution in [2.75, 3.05) is 30.8 Å². The maximum absolute atomic E-state index is 14.0. The van der Waals surface area contributed by atoms with Crippen LogP contribution >= 0.6 is 15.9 Å². The molecule has 0 unspecified atom stereocenters. The van der Waals surface area contributed by atoms with Gasteiger partial charge in [-0.15, -0.1) is 0 Å². The lowest BCUT2D eigenvalue weighted by Crippen LogP contribution is -2.53. The van der Waals surface area contributed by atoms with Crippen LogP contribution in [0.4, 0.5) is 5.69 Å². The Hall–Kier alpha value is -3.37. The van der Waals surface area contributed by atoms with Gasteiger partial charge in [-0.2, -0.15) is 0 Å². The minimum Gasteiger partial charge on any atom is -0.497 e. The van der Waals surface area contributed by atoms with E-state index in [1.165, 1.54) is 12.0 Å². The van der Waals surface area contributed by atoms with E-state index in [1.807, 2.05) is 61.5 Å². The average Bonchev–Trinajstić information content (AvgIpc) is 2.93. The number of anilines is 1. The second kappa shape index (κ2) is 14.1. The predicted octanol–water partition coefficient (Wildman–Crippen LogP) is 4.39. The third kappa shape index (κ3) is 8.83. The second-order valence-electron chi connectivity index (χ2n) is 9.11. The zero-order chi connectivity index (χ0) is 28.4. The maximum Gasteiger partial charge on any atom is 0.244 e. The number of halogens is 1. The molecule has 3 rings (SSSR count). The van der Waals surface area contributed by atoms with Crippen molar-refractivity contribution in [2.45, 2.75) is 32.4 Å². The molecule has 3 aromatic rings. The first-order valence-electron chi connectivity index (χ1n) is 12.6. The van der Waals surface area contributed by atoms with Crippen LogP contribution in [0.15, 0.2) is 83.3 Å². The quantitative estimate of drug-likeness (QED) is 0.308. The molecule has 208 valence electrons. The van der Waals surface area contributed by atoms with Crippen LogP contribution in [0.1, 0.15) is 24.5 Å². The highest BCUT2D eigenvalue weighted by Gasteiger charge is 2.32. The van der Waals surface area contributed by atoms with E-state index < -0.39 is 28.5 Å². The van der Waals surface area contributed by atoms with E-state index in [1.54, 1.807) is 24.3 Å². The highest BCUT2D eigenvalue weighted by molar-refractivity contribution is 9.10. The number of sulfonamides is 1. The molecule has 2 amide bonds. The smallest absolute Gasteiger partial charge is 0.244 e. The number of methoxy groups -OCH3 is 1. The lowest BCUT2D eigenvalue weighted by Gasteiger charge is -2.33. The van der Waals surface area contributed by atoms with Gasteiger partial charge >= 0.3 is 0 Å². The van der Waals surface area contributed by atoms with Crippen LogP contribution in [0.2, 0.25) is 0 Å². The molecule has 39 heavy (non-hydrogen) atoms. The lowest BCUT2D eigenvalue weighted by atomic mass is 10.0. The first-order valence-corrected chi connectivity index (χ1v) is 15.2. The second-order valence-corrected chi connectivity index (χ2v) is 11.9. The summed E-state index contributed by atoms with van der Waals surface area (Å²) in [5.74, 6) is -0.223. The van der Waals surface area contributed by atoms with Gasteiger partial charge in [0.05, 0.1) is 19.1 Å². The summed E-state index contributed by atoms with van der Waals surface area (Å²) in [6.07, 6.45) is 2.07. The number of carbonyl (C=O) groups excluding carboxylic acids is 2. The summed E-state index contributed by atoms with van der Waals surface area (Å²) < 4.78 is 32.7. The molecule has 0 aliphatic heterocycles. The molecule has 1 atom stereocenters. The molecule has 0 aliphatic carbocycles. The number of nitrogens with one attached hydrogen (secondary N) is 1. The molecular formula is C29H34BrN3O5S. The molecule has 0 fully saturated rings. The zero-order valence-electron chi connectivity index (χ0n) is 22.3. The van der Waals surface area contributed by atoms with E-state index in [4.69, 9.17) is 4.74 Å². The Bertz CT molecular complexity index is 1330. The normalized spacial score (nSPS) is 11.9. The molecule has 0 aliphatic rings. The summed E-state index contributed by atoms with van der Waals surface area (Å²) in [7, 11) is -2.31. The van der Waals surface area contributed by atoms with Gasteiger partial charge in [-0.1, -0.05) is 65.3 Å². The van der Waals surface area contributed by atoms with Crippen molar-refractivity contribution in [3.8, 4) is 5.75 Å². The Morgan fingerprint density at radius 2 is 1.59 bits per heavy atom. The minimum atomic E-state index is -3.83. The summed E-state index contributed by atoms with van der Waals surface area (Å²) in [5.41, 5.74) is 2.02. The molecule has 0 heterocycles. The molecule has 0 spiro atoms. The molecule has 0 aromatic heterocycles. The van der Waals surface area contributed by atoms with Crippen LogP contribution in [0.25, 0.3) is 0 Å². The number of carbonyl (C=O) groups is 2. The van der Waals surface area contributed by atoms with Crippen LogP contribution in [0.3, 0.4) is 0 Å². The van der Waals surface area contributed by atoms with Crippen LogP contribution in [-0.4, -0.2) is 57.6 Å². The molecule has 10 heteroatoms. The van der Waals surface area contributed by atoms with E-state index in [2.05, 4.69) is 21.2 Å². The van der Waals surface area contributed by atoms with Crippen LogP contribution < -0.4 is 14.4 Å². The minimum absolute atomic E-state index is 0.128. The number of rotatable bonds is 13. The number of benzene rings is 3. The fourth-order valence-corrected chi connectivity index (χ4v) is 5.18. The van der Waals surface area contributed by atoms with Crippen molar-refractivity contribution in [2.24, 2.45) is 0 Å². The van der Waals surface area contributed by atoms with Crippen LogP contribution in [0, 0.1) is 0 Å². The van der Waals surface area contributed by atoms with Crippen molar-refractivity contribution >= 4 is 43.5 Å². The molecule has 8 nitrogen and oxygen atoms in total. The lowest BCUT2D eigenvalue weighted by molar-refractivity contribution is -0.140. The molecule has 1 N–H and O–H groups in total. The number of amides is 2. The predicted molar refractivity (Wildman–Crippen MR) is 157 cm³/mol. The number of hydrogen-bond acceptors (Lipinski definition) is 5. The molecule has 0 saturated carbocycles. The van der Waals surface area contributed by atoms with Gasteiger partial charge in [0.15, 0.2) is 0 Å². The van der Waals surface area contributed by atoms with Gasteiger partial charge in [-0.25, -0.2) is 8.42 Å². The summed E-state index contributed by atoms with van der Waals surface area (Å²) in [5, 5.41) is 2.92. The highest BCUT2D eigenvalue weighted by atomic mass is 79.9. The highest BCUT2D eigenvalue weighted by Crippen LogP contribution is 2.23. The Kier molecular flexibility index (Phi) is 10.9. The Morgan fingerprint density at radius 1 is 0.949 bits per heavy atom. The maximum atomic E-state index is 14.0. The van der Waals surface area contributed by atoms with E-state index in [-0.39, 0.29) is 18.9 Å². The first kappa shape index (κ1) is 30.2. The SMILES string of the molecule is CCCNC(=O)[C@H](Cc1ccccc1)N(Cc1ccc(Br)cc1)C(=O)CN(c1ccc(OC)cc1)S(C)(=O)=O. The third-order valence-corrected chi connectivity index (χ3v) is 7.80. The molecule has 0 saturated heterocycles. The van der Waals surface area contributed by atoms with Crippen LogP contribution in [0.5, 0.6) is 5.75 Å². The largest absolute Gasteiger partial charge is 0.497 e. The van der Waals surface area contributed by atoms with Crippen LogP contribution in [-0.2, 0) is 32.6 Å². The fraction of sp³-hybridized carbons (Fsp3) is 0.310. The summed E-state index contributed by atoms with van der Waals surface area (Å²) >= 11 is 3.43. The third-order valence-electron chi connectivity index (χ3n) is 6.13. The van der Waals surface area contributed by atoms with Gasteiger partial charge in [0.2, 0.25) is 21.8 Å². The van der Waals surface area contributed by atoms with E-state index >= 15 is 0 Å². The van der Waals surface area contributed by atoms with Crippen molar-refractivity contribution in [1.82, 2.24) is 10.2 Å². The van der Waals surface area contributed by atoms with Gasteiger partial charge in [0.25, 0.3) is 0 Å². The van der Waals surface area contributed by atoms with Crippen molar-refractivity contribution < 1.29 is 22.7 Å². The van der Waals surface area contributed by atoms with Crippen molar-refractivity contribution in [3.63, 3.8) is 0 Å². The summed E-state index contributed by atoms with van der Waals surface area (Å²) in [6.45, 7) is 2.08.